The van der Waals surface area contributed by atoms with E-state index < -0.39 is 15.9 Å². The van der Waals surface area contributed by atoms with Crippen molar-refractivity contribution >= 4 is 32.5 Å². The zero-order chi connectivity index (χ0) is 19.7. The van der Waals surface area contributed by atoms with E-state index in [1.807, 2.05) is 0 Å². The standard InChI is InChI=1S/C20H19N3O4S/c24-19-16-8-1-2-9-18(16)21-13-17(19)20(25)22-14-6-5-7-15(12-14)28(26,27)23-10-3-4-11-23/h1-2,5-9,12-13H,3-4,10-11H2,(H,21,24)(H,22,25). The quantitative estimate of drug-likeness (QED) is 0.707. The van der Waals surface area contributed by atoms with Crippen molar-refractivity contribution in [2.24, 2.45) is 0 Å². The summed E-state index contributed by atoms with van der Waals surface area (Å²) in [5, 5.41) is 3.04. The van der Waals surface area contributed by atoms with Gasteiger partial charge in [-0.05, 0) is 43.2 Å². The Hall–Kier alpha value is -2.97. The minimum absolute atomic E-state index is 0.0356. The molecule has 1 fully saturated rings. The second kappa shape index (κ2) is 7.21. The molecule has 1 saturated heterocycles. The molecule has 3 aromatic rings. The number of pyridine rings is 1. The summed E-state index contributed by atoms with van der Waals surface area (Å²) in [5.41, 5.74) is 0.541. The molecule has 0 bridgehead atoms. The number of hydrogen-bond donors (Lipinski definition) is 2. The summed E-state index contributed by atoms with van der Waals surface area (Å²) in [6.07, 6.45) is 3.06. The highest BCUT2D eigenvalue weighted by molar-refractivity contribution is 7.89. The van der Waals surface area contributed by atoms with Crippen LogP contribution in [0.5, 0.6) is 0 Å². The van der Waals surface area contributed by atoms with Crippen LogP contribution in [0.2, 0.25) is 0 Å². The zero-order valence-corrected chi connectivity index (χ0v) is 15.8. The molecule has 1 amide bonds. The molecule has 7 nitrogen and oxygen atoms in total. The van der Waals surface area contributed by atoms with Gasteiger partial charge in [0.1, 0.15) is 5.56 Å². The molecular formula is C20H19N3O4S. The molecule has 2 heterocycles. The number of rotatable bonds is 4. The summed E-state index contributed by atoms with van der Waals surface area (Å²) < 4.78 is 26.8. The van der Waals surface area contributed by atoms with Gasteiger partial charge in [-0.2, -0.15) is 4.31 Å². The highest BCUT2D eigenvalue weighted by Crippen LogP contribution is 2.23. The molecule has 2 N–H and O–H groups in total. The minimum atomic E-state index is -3.58. The Morgan fingerprint density at radius 1 is 1.04 bits per heavy atom. The van der Waals surface area contributed by atoms with Gasteiger partial charge in [0.2, 0.25) is 15.5 Å². The van der Waals surface area contributed by atoms with Crippen LogP contribution in [0.1, 0.15) is 23.2 Å². The molecule has 1 aromatic heterocycles. The molecule has 2 aromatic carbocycles. The second-order valence-corrected chi connectivity index (χ2v) is 8.61. The van der Waals surface area contributed by atoms with E-state index in [-0.39, 0.29) is 15.9 Å². The van der Waals surface area contributed by atoms with E-state index in [0.29, 0.717) is 29.7 Å². The van der Waals surface area contributed by atoms with E-state index in [1.165, 1.54) is 22.6 Å². The summed E-state index contributed by atoms with van der Waals surface area (Å²) in [6, 6.07) is 13.0. The number of para-hydroxylation sites is 1. The predicted molar refractivity (Wildman–Crippen MR) is 107 cm³/mol. The van der Waals surface area contributed by atoms with Gasteiger partial charge in [-0.15, -0.1) is 0 Å². The molecule has 0 radical (unpaired) electrons. The van der Waals surface area contributed by atoms with Gasteiger partial charge in [-0.3, -0.25) is 9.59 Å². The molecule has 1 aliphatic rings. The average Bonchev–Trinajstić information content (AvgIpc) is 3.24. The van der Waals surface area contributed by atoms with Crippen molar-refractivity contribution in [1.29, 1.82) is 0 Å². The van der Waals surface area contributed by atoms with Crippen molar-refractivity contribution in [3.63, 3.8) is 0 Å². The molecule has 0 spiro atoms. The highest BCUT2D eigenvalue weighted by atomic mass is 32.2. The first-order valence-electron chi connectivity index (χ1n) is 8.99. The van der Waals surface area contributed by atoms with E-state index >= 15 is 0 Å². The number of carbonyl (C=O) groups excluding carboxylic acids is 1. The first-order valence-corrected chi connectivity index (χ1v) is 10.4. The van der Waals surface area contributed by atoms with Gasteiger partial charge in [-0.25, -0.2) is 8.42 Å². The number of aromatic nitrogens is 1. The van der Waals surface area contributed by atoms with E-state index in [0.717, 1.165) is 12.8 Å². The summed E-state index contributed by atoms with van der Waals surface area (Å²) in [5.74, 6) is -0.595. The Labute approximate surface area is 162 Å². The van der Waals surface area contributed by atoms with Gasteiger partial charge in [0.25, 0.3) is 5.91 Å². The van der Waals surface area contributed by atoms with Gasteiger partial charge in [0.15, 0.2) is 0 Å². The van der Waals surface area contributed by atoms with Crippen molar-refractivity contribution in [2.75, 3.05) is 18.4 Å². The molecule has 4 rings (SSSR count). The number of hydrogen-bond acceptors (Lipinski definition) is 4. The van der Waals surface area contributed by atoms with Crippen LogP contribution in [0.4, 0.5) is 5.69 Å². The van der Waals surface area contributed by atoms with Crippen molar-refractivity contribution in [3.05, 3.63) is 70.5 Å². The topological polar surface area (TPSA) is 99.3 Å². The van der Waals surface area contributed by atoms with E-state index in [4.69, 9.17) is 0 Å². The van der Waals surface area contributed by atoms with Crippen molar-refractivity contribution in [2.45, 2.75) is 17.7 Å². The lowest BCUT2D eigenvalue weighted by Gasteiger charge is -2.16. The first kappa shape index (κ1) is 18.4. The molecule has 0 atom stereocenters. The van der Waals surface area contributed by atoms with Gasteiger partial charge >= 0.3 is 0 Å². The number of nitrogens with one attached hydrogen (secondary N) is 2. The van der Waals surface area contributed by atoms with E-state index in [1.54, 1.807) is 36.4 Å². The third kappa shape index (κ3) is 3.32. The number of carbonyl (C=O) groups is 1. The summed E-state index contributed by atoms with van der Waals surface area (Å²) in [4.78, 5) is 28.2. The van der Waals surface area contributed by atoms with Crippen LogP contribution in [0, 0.1) is 0 Å². The maximum absolute atomic E-state index is 12.7. The van der Waals surface area contributed by atoms with E-state index in [9.17, 15) is 18.0 Å². The molecule has 0 unspecified atom stereocenters. The number of nitrogens with zero attached hydrogens (tertiary/aromatic N) is 1. The number of aromatic amines is 1. The molecule has 0 saturated carbocycles. The number of sulfonamides is 1. The number of H-pyrrole nitrogens is 1. The number of benzene rings is 2. The van der Waals surface area contributed by atoms with Crippen LogP contribution >= 0.6 is 0 Å². The van der Waals surface area contributed by atoms with Crippen LogP contribution in [0.15, 0.2) is 64.4 Å². The summed E-state index contributed by atoms with van der Waals surface area (Å²) >= 11 is 0. The van der Waals surface area contributed by atoms with Crippen LogP contribution in [-0.4, -0.2) is 36.7 Å². The molecule has 144 valence electrons. The zero-order valence-electron chi connectivity index (χ0n) is 15.0. The smallest absolute Gasteiger partial charge is 0.261 e. The van der Waals surface area contributed by atoms with Crippen molar-refractivity contribution in [1.82, 2.24) is 9.29 Å². The van der Waals surface area contributed by atoms with Crippen molar-refractivity contribution in [3.8, 4) is 0 Å². The largest absolute Gasteiger partial charge is 0.360 e. The lowest BCUT2D eigenvalue weighted by molar-refractivity contribution is 0.102. The Balaban J connectivity index is 1.62. The average molecular weight is 397 g/mol. The third-order valence-electron chi connectivity index (χ3n) is 4.83. The predicted octanol–water partition coefficient (Wildman–Crippen LogP) is 2.56. The fourth-order valence-corrected chi connectivity index (χ4v) is 4.91. The van der Waals surface area contributed by atoms with Gasteiger partial charge < -0.3 is 10.3 Å². The summed E-state index contributed by atoms with van der Waals surface area (Å²) in [6.45, 7) is 1.01. The Morgan fingerprint density at radius 2 is 1.79 bits per heavy atom. The maximum Gasteiger partial charge on any atom is 0.261 e. The normalized spacial score (nSPS) is 15.0. The van der Waals surface area contributed by atoms with E-state index in [2.05, 4.69) is 10.3 Å². The summed E-state index contributed by atoms with van der Waals surface area (Å²) in [7, 11) is -3.58. The Bertz CT molecular complexity index is 1210. The lowest BCUT2D eigenvalue weighted by atomic mass is 10.1. The molecule has 1 aliphatic heterocycles. The molecule has 0 aliphatic carbocycles. The first-order chi connectivity index (χ1) is 13.5. The van der Waals surface area contributed by atoms with Crippen LogP contribution in [-0.2, 0) is 10.0 Å². The highest BCUT2D eigenvalue weighted by Gasteiger charge is 2.27. The van der Waals surface area contributed by atoms with Crippen LogP contribution in [0.25, 0.3) is 10.9 Å². The molecular weight excluding hydrogens is 378 g/mol. The maximum atomic E-state index is 12.7. The lowest BCUT2D eigenvalue weighted by Crippen LogP contribution is -2.28. The fraction of sp³-hybridized carbons (Fsp3) is 0.200. The van der Waals surface area contributed by atoms with Crippen LogP contribution in [0.3, 0.4) is 0 Å². The molecule has 8 heteroatoms. The van der Waals surface area contributed by atoms with Gasteiger partial charge in [0, 0.05) is 35.9 Å². The number of fused-ring (bicyclic) bond motifs is 1. The second-order valence-electron chi connectivity index (χ2n) is 6.67. The Morgan fingerprint density at radius 3 is 2.57 bits per heavy atom. The SMILES string of the molecule is O=C(Nc1cccc(S(=O)(=O)N2CCCC2)c1)c1c[nH]c2ccccc2c1=O. The van der Waals surface area contributed by atoms with Gasteiger partial charge in [-0.1, -0.05) is 18.2 Å². The Kier molecular flexibility index (Phi) is 4.74. The van der Waals surface area contributed by atoms with Crippen molar-refractivity contribution < 1.29 is 13.2 Å². The monoisotopic (exact) mass is 397 g/mol. The minimum Gasteiger partial charge on any atom is -0.360 e. The number of amides is 1. The fourth-order valence-electron chi connectivity index (χ4n) is 3.35. The third-order valence-corrected chi connectivity index (χ3v) is 6.72. The number of anilines is 1. The van der Waals surface area contributed by atoms with Crippen LogP contribution < -0.4 is 10.7 Å². The van der Waals surface area contributed by atoms with Gasteiger partial charge in [0.05, 0.1) is 4.90 Å². The molecule has 28 heavy (non-hydrogen) atoms.